The van der Waals surface area contributed by atoms with Crippen molar-refractivity contribution in [2.75, 3.05) is 5.43 Å². The van der Waals surface area contributed by atoms with Crippen molar-refractivity contribution < 1.29 is 0 Å². The van der Waals surface area contributed by atoms with Gasteiger partial charge in [0, 0.05) is 5.02 Å². The monoisotopic (exact) mass is 309 g/mol. The molecule has 0 aliphatic carbocycles. The molecule has 8 heteroatoms. The summed E-state index contributed by atoms with van der Waals surface area (Å²) < 4.78 is 1.22. The lowest BCUT2D eigenvalue weighted by Gasteiger charge is -2.10. The van der Waals surface area contributed by atoms with Crippen LogP contribution < -0.4 is 11.0 Å². The molecule has 3 aromatic rings. The van der Waals surface area contributed by atoms with Crippen molar-refractivity contribution in [2.45, 2.75) is 6.92 Å². The van der Waals surface area contributed by atoms with Crippen molar-refractivity contribution in [3.05, 3.63) is 50.6 Å². The van der Waals surface area contributed by atoms with E-state index in [1.165, 1.54) is 11.0 Å². The van der Waals surface area contributed by atoms with Gasteiger partial charge in [0.15, 0.2) is 5.52 Å². The third kappa shape index (κ3) is 2.13. The standard InChI is InChI=1S/C12H9Cl2N5O/c1-6-10-11(17-16-6)12(20)19(5-15-10)18-9-3-2-7(13)4-8(9)14/h2-5,18H,1H3,(H,16,17). The SMILES string of the molecule is Cc1[nH]nc2c(=O)n(Nc3ccc(Cl)cc3Cl)cnc12. The number of aromatic nitrogens is 4. The number of H-pyrrole nitrogens is 1. The first-order valence-electron chi connectivity index (χ1n) is 5.70. The van der Waals surface area contributed by atoms with Crippen molar-refractivity contribution in [3.63, 3.8) is 0 Å². The maximum Gasteiger partial charge on any atom is 0.300 e. The highest BCUT2D eigenvalue weighted by molar-refractivity contribution is 6.36. The number of benzene rings is 1. The fourth-order valence-electron chi connectivity index (χ4n) is 1.80. The van der Waals surface area contributed by atoms with E-state index in [0.29, 0.717) is 21.2 Å². The van der Waals surface area contributed by atoms with Gasteiger partial charge in [-0.05, 0) is 25.1 Å². The minimum absolute atomic E-state index is 0.266. The average molecular weight is 310 g/mol. The molecule has 1 aromatic carbocycles. The summed E-state index contributed by atoms with van der Waals surface area (Å²) in [4.78, 5) is 16.4. The Morgan fingerprint density at radius 3 is 2.85 bits per heavy atom. The summed E-state index contributed by atoms with van der Waals surface area (Å²) in [7, 11) is 0. The topological polar surface area (TPSA) is 75.6 Å². The number of rotatable bonds is 2. The molecule has 0 aliphatic rings. The summed E-state index contributed by atoms with van der Waals surface area (Å²) in [5.41, 5.74) is 4.66. The first-order valence-corrected chi connectivity index (χ1v) is 6.46. The lowest BCUT2D eigenvalue weighted by molar-refractivity contribution is 0.876. The van der Waals surface area contributed by atoms with E-state index < -0.39 is 0 Å². The Balaban J connectivity index is 2.07. The lowest BCUT2D eigenvalue weighted by atomic mass is 10.3. The molecular weight excluding hydrogens is 301 g/mol. The second-order valence-electron chi connectivity index (χ2n) is 4.20. The number of hydrogen-bond acceptors (Lipinski definition) is 4. The fourth-order valence-corrected chi connectivity index (χ4v) is 2.25. The maximum atomic E-state index is 12.2. The number of nitrogens with zero attached hydrogens (tertiary/aromatic N) is 3. The summed E-state index contributed by atoms with van der Waals surface area (Å²) in [5.74, 6) is 0. The number of nitrogens with one attached hydrogen (secondary N) is 2. The van der Waals surface area contributed by atoms with Gasteiger partial charge < -0.3 is 0 Å². The van der Waals surface area contributed by atoms with Crippen molar-refractivity contribution in [3.8, 4) is 0 Å². The lowest BCUT2D eigenvalue weighted by Crippen LogP contribution is -2.26. The van der Waals surface area contributed by atoms with Crippen LogP contribution in [0.1, 0.15) is 5.69 Å². The highest BCUT2D eigenvalue weighted by atomic mass is 35.5. The molecule has 2 N–H and O–H groups in total. The molecule has 0 amide bonds. The van der Waals surface area contributed by atoms with Crippen LogP contribution in [0.2, 0.25) is 10.0 Å². The molecule has 0 saturated carbocycles. The first-order chi connectivity index (χ1) is 9.56. The van der Waals surface area contributed by atoms with E-state index in [1.807, 2.05) is 0 Å². The van der Waals surface area contributed by atoms with Crippen molar-refractivity contribution >= 4 is 39.9 Å². The van der Waals surface area contributed by atoms with Gasteiger partial charge in [0.2, 0.25) is 0 Å². The van der Waals surface area contributed by atoms with E-state index >= 15 is 0 Å². The van der Waals surface area contributed by atoms with E-state index in [0.717, 1.165) is 5.69 Å². The summed E-state index contributed by atoms with van der Waals surface area (Å²) in [5, 5.41) is 7.60. The van der Waals surface area contributed by atoms with E-state index in [2.05, 4.69) is 20.6 Å². The zero-order chi connectivity index (χ0) is 14.3. The maximum absolute atomic E-state index is 12.2. The highest BCUT2D eigenvalue weighted by Crippen LogP contribution is 2.25. The minimum atomic E-state index is -0.314. The van der Waals surface area contributed by atoms with E-state index in [4.69, 9.17) is 23.2 Å². The quantitative estimate of drug-likeness (QED) is 0.763. The van der Waals surface area contributed by atoms with Gasteiger partial charge in [0.05, 0.1) is 16.4 Å². The van der Waals surface area contributed by atoms with Gasteiger partial charge in [0.25, 0.3) is 0 Å². The zero-order valence-electron chi connectivity index (χ0n) is 10.3. The molecule has 2 aromatic heterocycles. The molecule has 0 unspecified atom stereocenters. The third-order valence-electron chi connectivity index (χ3n) is 2.81. The predicted molar refractivity (Wildman–Crippen MR) is 78.4 cm³/mol. The number of hydrogen-bond donors (Lipinski definition) is 2. The van der Waals surface area contributed by atoms with Gasteiger partial charge in [-0.2, -0.15) is 5.10 Å². The largest absolute Gasteiger partial charge is 0.300 e. The van der Waals surface area contributed by atoms with Crippen molar-refractivity contribution in [2.24, 2.45) is 0 Å². The van der Waals surface area contributed by atoms with Crippen LogP contribution >= 0.6 is 23.2 Å². The zero-order valence-corrected chi connectivity index (χ0v) is 11.8. The molecule has 2 heterocycles. The number of aryl methyl sites for hydroxylation is 1. The predicted octanol–water partition coefficient (Wildman–Crippen LogP) is 2.61. The molecule has 0 aliphatic heterocycles. The van der Waals surface area contributed by atoms with Crippen LogP contribution in [0.4, 0.5) is 5.69 Å². The number of anilines is 1. The number of halogens is 2. The second-order valence-corrected chi connectivity index (χ2v) is 5.05. The van der Waals surface area contributed by atoms with Gasteiger partial charge >= 0.3 is 5.56 Å². The smallest absolute Gasteiger partial charge is 0.289 e. The molecule has 0 saturated heterocycles. The summed E-state index contributed by atoms with van der Waals surface area (Å²) in [6.07, 6.45) is 1.39. The van der Waals surface area contributed by atoms with Crippen LogP contribution in [-0.2, 0) is 0 Å². The Kier molecular flexibility index (Phi) is 3.11. The van der Waals surface area contributed by atoms with Gasteiger partial charge in [0.1, 0.15) is 11.8 Å². The minimum Gasteiger partial charge on any atom is -0.289 e. The Morgan fingerprint density at radius 1 is 1.30 bits per heavy atom. The molecule has 20 heavy (non-hydrogen) atoms. The fraction of sp³-hybridized carbons (Fsp3) is 0.0833. The van der Waals surface area contributed by atoms with Crippen LogP contribution in [0, 0.1) is 6.92 Å². The summed E-state index contributed by atoms with van der Waals surface area (Å²) in [6, 6.07) is 4.93. The molecule has 3 rings (SSSR count). The molecule has 0 bridgehead atoms. The van der Waals surface area contributed by atoms with Gasteiger partial charge in [-0.3, -0.25) is 15.3 Å². The van der Waals surface area contributed by atoms with Crippen molar-refractivity contribution in [1.29, 1.82) is 0 Å². The molecular formula is C12H9Cl2N5O. The Bertz CT molecular complexity index is 855. The van der Waals surface area contributed by atoms with Gasteiger partial charge in [-0.1, -0.05) is 23.2 Å². The molecule has 0 atom stereocenters. The Morgan fingerprint density at radius 2 is 2.10 bits per heavy atom. The van der Waals surface area contributed by atoms with Crippen LogP contribution in [0.25, 0.3) is 11.0 Å². The van der Waals surface area contributed by atoms with E-state index in [9.17, 15) is 4.79 Å². The van der Waals surface area contributed by atoms with Crippen LogP contribution in [0.3, 0.4) is 0 Å². The normalized spacial score (nSPS) is 10.9. The Labute approximate surface area is 123 Å². The van der Waals surface area contributed by atoms with Crippen LogP contribution in [0.15, 0.2) is 29.3 Å². The van der Waals surface area contributed by atoms with Crippen LogP contribution in [0.5, 0.6) is 0 Å². The highest BCUT2D eigenvalue weighted by Gasteiger charge is 2.10. The van der Waals surface area contributed by atoms with E-state index in [1.54, 1.807) is 25.1 Å². The molecule has 6 nitrogen and oxygen atoms in total. The summed E-state index contributed by atoms with van der Waals surface area (Å²) >= 11 is 11.9. The van der Waals surface area contributed by atoms with Crippen LogP contribution in [-0.4, -0.2) is 19.9 Å². The molecule has 0 spiro atoms. The summed E-state index contributed by atoms with van der Waals surface area (Å²) in [6.45, 7) is 1.80. The molecule has 0 fully saturated rings. The van der Waals surface area contributed by atoms with E-state index in [-0.39, 0.29) is 11.1 Å². The van der Waals surface area contributed by atoms with Gasteiger partial charge in [-0.25, -0.2) is 9.66 Å². The first kappa shape index (κ1) is 13.0. The Hall–Kier alpha value is -2.05. The molecule has 102 valence electrons. The van der Waals surface area contributed by atoms with Gasteiger partial charge in [-0.15, -0.1) is 0 Å². The number of aromatic amines is 1. The molecule has 0 radical (unpaired) electrons. The second kappa shape index (κ2) is 4.81. The third-order valence-corrected chi connectivity index (χ3v) is 3.36. The number of fused-ring (bicyclic) bond motifs is 1. The average Bonchev–Trinajstić information content (AvgIpc) is 2.78. The van der Waals surface area contributed by atoms with Crippen molar-refractivity contribution in [1.82, 2.24) is 19.9 Å².